The van der Waals surface area contributed by atoms with E-state index in [-0.39, 0.29) is 0 Å². The second kappa shape index (κ2) is 5.71. The minimum absolute atomic E-state index is 0.559. The van der Waals surface area contributed by atoms with E-state index in [1.54, 1.807) is 0 Å². The van der Waals surface area contributed by atoms with Gasteiger partial charge in [0.2, 0.25) is 0 Å². The number of rotatable bonds is 5. The van der Waals surface area contributed by atoms with Crippen LogP contribution in [0.1, 0.15) is 18.0 Å². The van der Waals surface area contributed by atoms with Crippen molar-refractivity contribution in [1.82, 2.24) is 10.2 Å². The lowest BCUT2D eigenvalue weighted by Crippen LogP contribution is -2.25. The fraction of sp³-hybridized carbons (Fsp3) is 0.538. The summed E-state index contributed by atoms with van der Waals surface area (Å²) in [7, 11) is 4.25. The number of fused-ring (bicyclic) bond motifs is 1. The van der Waals surface area contributed by atoms with Crippen molar-refractivity contribution in [2.24, 2.45) is 0 Å². The summed E-state index contributed by atoms with van der Waals surface area (Å²) >= 11 is 1.97. The van der Waals surface area contributed by atoms with Gasteiger partial charge in [0.15, 0.2) is 0 Å². The van der Waals surface area contributed by atoms with Crippen molar-refractivity contribution < 1.29 is 0 Å². The number of nitrogens with zero attached hydrogens (tertiary/aromatic N) is 1. The van der Waals surface area contributed by atoms with Crippen LogP contribution in [0.15, 0.2) is 29.2 Å². The first-order valence-electron chi connectivity index (χ1n) is 5.87. The van der Waals surface area contributed by atoms with Crippen LogP contribution >= 0.6 is 11.8 Å². The zero-order valence-electron chi connectivity index (χ0n) is 10.1. The van der Waals surface area contributed by atoms with Crippen LogP contribution in [-0.2, 0) is 0 Å². The van der Waals surface area contributed by atoms with E-state index >= 15 is 0 Å². The highest BCUT2D eigenvalue weighted by atomic mass is 32.2. The molecule has 2 rings (SSSR count). The van der Waals surface area contributed by atoms with Gasteiger partial charge in [-0.3, -0.25) is 0 Å². The predicted molar refractivity (Wildman–Crippen MR) is 71.1 cm³/mol. The molecule has 1 aliphatic heterocycles. The van der Waals surface area contributed by atoms with Crippen LogP contribution in [0.4, 0.5) is 0 Å². The fourth-order valence-corrected chi connectivity index (χ4v) is 3.20. The lowest BCUT2D eigenvalue weighted by molar-refractivity contribution is 0.389. The quantitative estimate of drug-likeness (QED) is 0.790. The Labute approximate surface area is 102 Å². The number of benzene rings is 1. The van der Waals surface area contributed by atoms with Crippen LogP contribution in [0.25, 0.3) is 0 Å². The molecule has 0 aromatic heterocycles. The highest BCUT2D eigenvalue weighted by Crippen LogP contribution is 2.37. The van der Waals surface area contributed by atoms with Gasteiger partial charge >= 0.3 is 0 Å². The van der Waals surface area contributed by atoms with Gasteiger partial charge < -0.3 is 10.2 Å². The molecule has 1 atom stereocenters. The molecule has 0 spiro atoms. The Hall–Kier alpha value is -0.510. The monoisotopic (exact) mass is 236 g/mol. The first-order valence-corrected chi connectivity index (χ1v) is 6.86. The normalized spacial score (nSPS) is 19.1. The number of hydrogen-bond acceptors (Lipinski definition) is 3. The van der Waals surface area contributed by atoms with Gasteiger partial charge in [0.05, 0.1) is 0 Å². The summed E-state index contributed by atoms with van der Waals surface area (Å²) in [6, 6.07) is 9.29. The maximum atomic E-state index is 3.65. The van der Waals surface area contributed by atoms with Crippen LogP contribution in [0.5, 0.6) is 0 Å². The lowest BCUT2D eigenvalue weighted by Gasteiger charge is -2.14. The fourth-order valence-electron chi connectivity index (χ4n) is 2.00. The van der Waals surface area contributed by atoms with Gasteiger partial charge in [0.25, 0.3) is 0 Å². The molecule has 0 saturated heterocycles. The van der Waals surface area contributed by atoms with E-state index in [1.807, 2.05) is 11.8 Å². The van der Waals surface area contributed by atoms with Gasteiger partial charge in [0.1, 0.15) is 0 Å². The molecule has 0 aliphatic carbocycles. The molecular formula is C13H20N2S. The van der Waals surface area contributed by atoms with Crippen LogP contribution in [0.2, 0.25) is 0 Å². The molecule has 1 aliphatic rings. The summed E-state index contributed by atoms with van der Waals surface area (Å²) in [4.78, 5) is 3.69. The van der Waals surface area contributed by atoms with E-state index in [2.05, 4.69) is 48.6 Å². The predicted octanol–water partition coefficient (Wildman–Crippen LogP) is 2.37. The first-order chi connectivity index (χ1) is 7.77. The van der Waals surface area contributed by atoms with E-state index in [0.717, 1.165) is 13.1 Å². The third-order valence-electron chi connectivity index (χ3n) is 2.87. The standard InChI is InChI=1S/C13H20N2S/c1-15(2)9-5-8-14-12-10-16-13-7-4-3-6-11(12)13/h3-4,6-7,12,14H,5,8-10H2,1-2H3. The molecule has 1 N–H and O–H groups in total. The summed E-state index contributed by atoms with van der Waals surface area (Å²) in [6.45, 7) is 2.27. The molecule has 0 saturated carbocycles. The molecule has 1 unspecified atom stereocenters. The van der Waals surface area contributed by atoms with E-state index in [1.165, 1.54) is 22.6 Å². The Kier molecular flexibility index (Phi) is 4.27. The summed E-state index contributed by atoms with van der Waals surface area (Å²) in [5, 5.41) is 3.65. The lowest BCUT2D eigenvalue weighted by atomic mass is 10.1. The van der Waals surface area contributed by atoms with E-state index in [4.69, 9.17) is 0 Å². The van der Waals surface area contributed by atoms with Gasteiger partial charge in [-0.15, -0.1) is 11.8 Å². The van der Waals surface area contributed by atoms with Crippen molar-refractivity contribution >= 4 is 11.8 Å². The molecule has 1 aromatic carbocycles. The average Bonchev–Trinajstić information content (AvgIpc) is 2.68. The van der Waals surface area contributed by atoms with E-state index < -0.39 is 0 Å². The molecule has 1 heterocycles. The summed E-state index contributed by atoms with van der Waals surface area (Å²) in [6.07, 6.45) is 1.22. The Bertz CT molecular complexity index is 338. The van der Waals surface area contributed by atoms with E-state index in [0.29, 0.717) is 6.04 Å². The third kappa shape index (κ3) is 3.00. The van der Waals surface area contributed by atoms with Gasteiger partial charge in [-0.2, -0.15) is 0 Å². The second-order valence-corrected chi connectivity index (χ2v) is 5.57. The average molecular weight is 236 g/mol. The van der Waals surface area contributed by atoms with Crippen molar-refractivity contribution in [2.45, 2.75) is 17.4 Å². The zero-order chi connectivity index (χ0) is 11.4. The number of nitrogens with one attached hydrogen (secondary N) is 1. The van der Waals surface area contributed by atoms with Crippen molar-refractivity contribution in [3.8, 4) is 0 Å². The van der Waals surface area contributed by atoms with Crippen molar-refractivity contribution in [1.29, 1.82) is 0 Å². The minimum atomic E-state index is 0.559. The first kappa shape index (κ1) is 12.0. The van der Waals surface area contributed by atoms with Crippen LogP contribution in [0, 0.1) is 0 Å². The molecule has 2 nitrogen and oxygen atoms in total. The molecule has 0 radical (unpaired) electrons. The third-order valence-corrected chi connectivity index (χ3v) is 4.06. The molecule has 0 fully saturated rings. The molecule has 1 aromatic rings. The Balaban J connectivity index is 1.80. The van der Waals surface area contributed by atoms with Crippen LogP contribution < -0.4 is 5.32 Å². The van der Waals surface area contributed by atoms with Crippen LogP contribution in [0.3, 0.4) is 0 Å². The highest BCUT2D eigenvalue weighted by Gasteiger charge is 2.21. The van der Waals surface area contributed by atoms with Gasteiger partial charge in [0, 0.05) is 16.7 Å². The smallest absolute Gasteiger partial charge is 0.0426 e. The Morgan fingerprint density at radius 1 is 1.38 bits per heavy atom. The minimum Gasteiger partial charge on any atom is -0.309 e. The summed E-state index contributed by atoms with van der Waals surface area (Å²) in [5.41, 5.74) is 1.48. The van der Waals surface area contributed by atoms with Crippen molar-refractivity contribution in [3.63, 3.8) is 0 Å². The van der Waals surface area contributed by atoms with Gasteiger partial charge in [-0.1, -0.05) is 18.2 Å². The van der Waals surface area contributed by atoms with Crippen molar-refractivity contribution in [2.75, 3.05) is 32.9 Å². The molecule has 0 amide bonds. The van der Waals surface area contributed by atoms with E-state index in [9.17, 15) is 0 Å². The SMILES string of the molecule is CN(C)CCCNC1CSc2ccccc21. The zero-order valence-corrected chi connectivity index (χ0v) is 10.9. The van der Waals surface area contributed by atoms with Crippen molar-refractivity contribution in [3.05, 3.63) is 29.8 Å². The molecule has 88 valence electrons. The Morgan fingerprint density at radius 2 is 2.19 bits per heavy atom. The molecule has 0 bridgehead atoms. The second-order valence-electron chi connectivity index (χ2n) is 4.51. The molecular weight excluding hydrogens is 216 g/mol. The Morgan fingerprint density at radius 3 is 3.00 bits per heavy atom. The van der Waals surface area contributed by atoms with Gasteiger partial charge in [-0.25, -0.2) is 0 Å². The van der Waals surface area contributed by atoms with Gasteiger partial charge in [-0.05, 0) is 45.2 Å². The molecule has 16 heavy (non-hydrogen) atoms. The number of hydrogen-bond donors (Lipinski definition) is 1. The maximum absolute atomic E-state index is 3.65. The molecule has 3 heteroatoms. The topological polar surface area (TPSA) is 15.3 Å². The van der Waals surface area contributed by atoms with Crippen LogP contribution in [-0.4, -0.2) is 37.8 Å². The largest absolute Gasteiger partial charge is 0.309 e. The maximum Gasteiger partial charge on any atom is 0.0426 e. The highest BCUT2D eigenvalue weighted by molar-refractivity contribution is 7.99. The number of thioether (sulfide) groups is 1. The summed E-state index contributed by atoms with van der Waals surface area (Å²) in [5.74, 6) is 1.18. The summed E-state index contributed by atoms with van der Waals surface area (Å²) < 4.78 is 0.